The molecule has 1 fully saturated rings. The van der Waals surface area contributed by atoms with Crippen LogP contribution in [0.5, 0.6) is 0 Å². The van der Waals surface area contributed by atoms with Crippen LogP contribution in [0.1, 0.15) is 41.8 Å². The van der Waals surface area contributed by atoms with E-state index in [1.165, 1.54) is 12.1 Å². The van der Waals surface area contributed by atoms with Crippen molar-refractivity contribution in [3.05, 3.63) is 58.9 Å². The third-order valence-electron chi connectivity index (χ3n) is 5.38. The van der Waals surface area contributed by atoms with Crippen LogP contribution in [-0.4, -0.2) is 33.1 Å². The number of nitrogens with zero attached hydrogens (tertiary/aromatic N) is 4. The Morgan fingerprint density at radius 3 is 2.48 bits per heavy atom. The van der Waals surface area contributed by atoms with E-state index >= 15 is 0 Å². The Hall–Kier alpha value is -3.10. The first-order valence-corrected chi connectivity index (χ1v) is 9.25. The Kier molecular flexibility index (Phi) is 4.48. The van der Waals surface area contributed by atoms with E-state index in [0.29, 0.717) is 24.3 Å². The number of carbonyl (C=O) groups is 1. The van der Waals surface area contributed by atoms with Crippen LogP contribution in [0.15, 0.2) is 36.4 Å². The van der Waals surface area contributed by atoms with Gasteiger partial charge in [-0.15, -0.1) is 0 Å². The molecule has 0 bridgehead atoms. The first-order valence-electron chi connectivity index (χ1n) is 9.25. The fourth-order valence-corrected chi connectivity index (χ4v) is 3.60. The van der Waals surface area contributed by atoms with Gasteiger partial charge in [0.15, 0.2) is 5.65 Å². The molecule has 0 radical (unpaired) electrons. The number of carbonyl (C=O) groups excluding carboxylic acids is 1. The van der Waals surface area contributed by atoms with Gasteiger partial charge in [0, 0.05) is 30.3 Å². The van der Waals surface area contributed by atoms with Crippen molar-refractivity contribution >= 4 is 17.4 Å². The standard InChI is InChI=1S/C20H20F3N5O/c1-11-9-18(27-8-7-16(27)19(24)29)28-17(25-11)10-15(26-28)12(2)13-3-5-14(6-4-13)20(21,22)23/h3-6,9-10,12,16H,7-8H2,1-2H3,(H2,24,29). The van der Waals surface area contributed by atoms with E-state index in [-0.39, 0.29) is 17.9 Å². The Balaban J connectivity index is 1.70. The van der Waals surface area contributed by atoms with Gasteiger partial charge >= 0.3 is 6.18 Å². The van der Waals surface area contributed by atoms with Crippen LogP contribution in [0.4, 0.5) is 19.0 Å². The van der Waals surface area contributed by atoms with Gasteiger partial charge < -0.3 is 10.6 Å². The predicted molar refractivity (Wildman–Crippen MR) is 102 cm³/mol. The molecule has 1 aliphatic heterocycles. The van der Waals surface area contributed by atoms with Gasteiger partial charge in [-0.05, 0) is 31.0 Å². The van der Waals surface area contributed by atoms with Crippen molar-refractivity contribution in [2.45, 2.75) is 38.4 Å². The zero-order valence-corrected chi connectivity index (χ0v) is 15.9. The minimum atomic E-state index is -4.37. The largest absolute Gasteiger partial charge is 0.416 e. The molecule has 4 rings (SSSR count). The van der Waals surface area contributed by atoms with Crippen molar-refractivity contribution in [1.82, 2.24) is 14.6 Å². The maximum absolute atomic E-state index is 12.8. The normalized spacial score (nSPS) is 18.0. The number of fused-ring (bicyclic) bond motifs is 1. The molecule has 0 aliphatic carbocycles. The van der Waals surface area contributed by atoms with E-state index in [4.69, 9.17) is 5.73 Å². The van der Waals surface area contributed by atoms with Crippen LogP contribution in [-0.2, 0) is 11.0 Å². The van der Waals surface area contributed by atoms with Gasteiger partial charge in [-0.3, -0.25) is 4.79 Å². The van der Waals surface area contributed by atoms with Gasteiger partial charge in [0.05, 0.1) is 11.3 Å². The maximum Gasteiger partial charge on any atom is 0.416 e. The molecule has 0 saturated carbocycles. The molecule has 1 amide bonds. The van der Waals surface area contributed by atoms with Crippen LogP contribution in [0.25, 0.3) is 5.65 Å². The molecule has 1 aliphatic rings. The van der Waals surface area contributed by atoms with E-state index in [1.807, 2.05) is 30.9 Å². The molecule has 2 aromatic heterocycles. The number of hydrogen-bond donors (Lipinski definition) is 1. The van der Waals surface area contributed by atoms with Crippen LogP contribution in [0.3, 0.4) is 0 Å². The van der Waals surface area contributed by atoms with Crippen molar-refractivity contribution in [2.24, 2.45) is 5.73 Å². The lowest BCUT2D eigenvalue weighted by atomic mass is 9.97. The summed E-state index contributed by atoms with van der Waals surface area (Å²) >= 11 is 0. The summed E-state index contributed by atoms with van der Waals surface area (Å²) < 4.78 is 40.1. The third-order valence-corrected chi connectivity index (χ3v) is 5.38. The summed E-state index contributed by atoms with van der Waals surface area (Å²) in [4.78, 5) is 18.0. The summed E-state index contributed by atoms with van der Waals surface area (Å²) in [6, 6.07) is 8.38. The van der Waals surface area contributed by atoms with Crippen LogP contribution in [0.2, 0.25) is 0 Å². The number of benzene rings is 1. The van der Waals surface area contributed by atoms with Crippen LogP contribution < -0.4 is 10.6 Å². The average molecular weight is 403 g/mol. The molecule has 6 nitrogen and oxygen atoms in total. The maximum atomic E-state index is 12.8. The van der Waals surface area contributed by atoms with Gasteiger partial charge in [0.25, 0.3) is 0 Å². The molecular formula is C20H20F3N5O. The van der Waals surface area contributed by atoms with Crippen LogP contribution >= 0.6 is 0 Å². The summed E-state index contributed by atoms with van der Waals surface area (Å²) in [5, 5.41) is 4.64. The van der Waals surface area contributed by atoms with E-state index in [9.17, 15) is 18.0 Å². The molecule has 9 heteroatoms. The number of anilines is 1. The molecule has 2 unspecified atom stereocenters. The smallest absolute Gasteiger partial charge is 0.368 e. The summed E-state index contributed by atoms with van der Waals surface area (Å²) in [7, 11) is 0. The van der Waals surface area contributed by atoms with Crippen LogP contribution in [0, 0.1) is 6.92 Å². The number of rotatable bonds is 4. The van der Waals surface area contributed by atoms with E-state index in [1.54, 1.807) is 4.52 Å². The van der Waals surface area contributed by atoms with E-state index < -0.39 is 11.7 Å². The zero-order valence-electron chi connectivity index (χ0n) is 15.9. The lowest BCUT2D eigenvalue weighted by Gasteiger charge is -2.40. The number of aromatic nitrogens is 3. The van der Waals surface area contributed by atoms with Crippen molar-refractivity contribution < 1.29 is 18.0 Å². The average Bonchev–Trinajstić information content (AvgIpc) is 3.03. The quantitative estimate of drug-likeness (QED) is 0.725. The molecule has 3 aromatic rings. The summed E-state index contributed by atoms with van der Waals surface area (Å²) in [5.41, 5.74) is 7.58. The van der Waals surface area contributed by atoms with Crippen molar-refractivity contribution in [2.75, 3.05) is 11.4 Å². The van der Waals surface area contributed by atoms with Gasteiger partial charge in [-0.25, -0.2) is 4.98 Å². The molecule has 29 heavy (non-hydrogen) atoms. The molecule has 3 heterocycles. The van der Waals surface area contributed by atoms with Crippen molar-refractivity contribution in [3.8, 4) is 0 Å². The summed E-state index contributed by atoms with van der Waals surface area (Å²) in [6.07, 6.45) is -3.68. The number of amides is 1. The minimum Gasteiger partial charge on any atom is -0.368 e. The highest BCUT2D eigenvalue weighted by Gasteiger charge is 2.35. The van der Waals surface area contributed by atoms with Crippen molar-refractivity contribution in [3.63, 3.8) is 0 Å². The number of halogens is 3. The second-order valence-electron chi connectivity index (χ2n) is 7.34. The number of aryl methyl sites for hydroxylation is 1. The molecule has 1 saturated heterocycles. The minimum absolute atomic E-state index is 0.226. The van der Waals surface area contributed by atoms with Crippen molar-refractivity contribution in [1.29, 1.82) is 0 Å². The Morgan fingerprint density at radius 2 is 1.93 bits per heavy atom. The van der Waals surface area contributed by atoms with Gasteiger partial charge in [0.2, 0.25) is 5.91 Å². The SMILES string of the molecule is Cc1cc(N2CCC2C(N)=O)n2nc(C(C)c3ccc(C(F)(F)F)cc3)cc2n1. The molecule has 2 atom stereocenters. The predicted octanol–water partition coefficient (Wildman–Crippen LogP) is 3.27. The number of nitrogens with two attached hydrogens (primary N) is 1. The lowest BCUT2D eigenvalue weighted by Crippen LogP contribution is -2.55. The number of hydrogen-bond acceptors (Lipinski definition) is 4. The molecule has 2 N–H and O–H groups in total. The first kappa shape index (κ1) is 19.2. The second kappa shape index (κ2) is 6.75. The molecule has 152 valence electrons. The highest BCUT2D eigenvalue weighted by Crippen LogP contribution is 2.32. The zero-order chi connectivity index (χ0) is 20.9. The third kappa shape index (κ3) is 3.41. The molecular weight excluding hydrogens is 383 g/mol. The highest BCUT2D eigenvalue weighted by atomic mass is 19.4. The Morgan fingerprint density at radius 1 is 1.24 bits per heavy atom. The number of primary amides is 1. The summed E-state index contributed by atoms with van der Waals surface area (Å²) in [5.74, 6) is 0.119. The monoisotopic (exact) mass is 403 g/mol. The molecule has 0 spiro atoms. The highest BCUT2D eigenvalue weighted by molar-refractivity contribution is 5.85. The fraction of sp³-hybridized carbons (Fsp3) is 0.350. The topological polar surface area (TPSA) is 76.5 Å². The Bertz CT molecular complexity index is 1070. The Labute approximate surface area is 165 Å². The first-order chi connectivity index (χ1) is 13.6. The van der Waals surface area contributed by atoms with Gasteiger partial charge in [0.1, 0.15) is 11.9 Å². The lowest BCUT2D eigenvalue weighted by molar-refractivity contribution is -0.137. The molecule has 1 aromatic carbocycles. The van der Waals surface area contributed by atoms with Gasteiger partial charge in [-0.1, -0.05) is 19.1 Å². The second-order valence-corrected chi connectivity index (χ2v) is 7.34. The fourth-order valence-electron chi connectivity index (χ4n) is 3.60. The van der Waals surface area contributed by atoms with E-state index in [0.717, 1.165) is 29.2 Å². The summed E-state index contributed by atoms with van der Waals surface area (Å²) in [6.45, 7) is 4.43. The number of alkyl halides is 3. The van der Waals surface area contributed by atoms with E-state index in [2.05, 4.69) is 10.1 Å². The van der Waals surface area contributed by atoms with Gasteiger partial charge in [-0.2, -0.15) is 22.8 Å².